The van der Waals surface area contributed by atoms with Gasteiger partial charge in [-0.05, 0) is 24.2 Å². The number of hydrogen-bond acceptors (Lipinski definition) is 4. The van der Waals surface area contributed by atoms with Gasteiger partial charge in [0.2, 0.25) is 0 Å². The van der Waals surface area contributed by atoms with Crippen LogP contribution in [0.3, 0.4) is 0 Å². The lowest BCUT2D eigenvalue weighted by Crippen LogP contribution is -2.44. The molecular weight excluding hydrogens is 266 g/mol. The number of nitrogens with two attached hydrogens (primary N) is 1. The smallest absolute Gasteiger partial charge is 0.190 e. The number of nitrogens with zero attached hydrogens (tertiary/aromatic N) is 1. The second-order valence-corrected chi connectivity index (χ2v) is 4.79. The maximum atomic E-state index is 13.7. The van der Waals surface area contributed by atoms with Crippen molar-refractivity contribution in [3.05, 3.63) is 29.3 Å². The number of morpholine rings is 1. The van der Waals surface area contributed by atoms with Gasteiger partial charge < -0.3 is 15.2 Å². The summed E-state index contributed by atoms with van der Waals surface area (Å²) in [7, 11) is 0. The molecule has 112 valence electrons. The standard InChI is InChI=1S/C14H20F2N2O2/c1-2-18-3-4-19-11(8-18)9-20-14-12(15)5-10(7-17)6-13(14)16/h5-6,11H,2-4,7-9,17H2,1H3. The van der Waals surface area contributed by atoms with E-state index in [0.717, 1.165) is 13.1 Å². The molecule has 1 atom stereocenters. The number of ether oxygens (including phenoxy) is 2. The summed E-state index contributed by atoms with van der Waals surface area (Å²) >= 11 is 0. The minimum absolute atomic E-state index is 0.0886. The van der Waals surface area contributed by atoms with Crippen LogP contribution in [0.5, 0.6) is 5.75 Å². The van der Waals surface area contributed by atoms with E-state index >= 15 is 0 Å². The summed E-state index contributed by atoms with van der Waals surface area (Å²) in [5.41, 5.74) is 5.76. The van der Waals surface area contributed by atoms with Gasteiger partial charge in [0.25, 0.3) is 0 Å². The van der Waals surface area contributed by atoms with Crippen LogP contribution in [0.15, 0.2) is 12.1 Å². The monoisotopic (exact) mass is 286 g/mol. The molecule has 1 aromatic rings. The first-order valence-corrected chi connectivity index (χ1v) is 6.78. The highest BCUT2D eigenvalue weighted by Crippen LogP contribution is 2.23. The van der Waals surface area contributed by atoms with Gasteiger partial charge in [0.1, 0.15) is 12.7 Å². The summed E-state index contributed by atoms with van der Waals surface area (Å²) in [5.74, 6) is -1.82. The Morgan fingerprint density at radius 1 is 1.40 bits per heavy atom. The van der Waals surface area contributed by atoms with Crippen LogP contribution in [0.2, 0.25) is 0 Å². The zero-order valence-electron chi connectivity index (χ0n) is 11.6. The molecule has 0 aliphatic carbocycles. The molecule has 1 heterocycles. The first-order chi connectivity index (χ1) is 9.63. The molecule has 2 N–H and O–H groups in total. The molecule has 0 aromatic heterocycles. The summed E-state index contributed by atoms with van der Waals surface area (Å²) in [6, 6.07) is 2.39. The molecule has 0 saturated carbocycles. The zero-order valence-corrected chi connectivity index (χ0v) is 11.6. The van der Waals surface area contributed by atoms with Crippen LogP contribution in [0, 0.1) is 11.6 Å². The molecule has 20 heavy (non-hydrogen) atoms. The summed E-state index contributed by atoms with van der Waals surface area (Å²) in [4.78, 5) is 2.21. The predicted molar refractivity (Wildman–Crippen MR) is 71.6 cm³/mol. The van der Waals surface area contributed by atoms with Crippen LogP contribution in [-0.4, -0.2) is 43.9 Å². The second-order valence-electron chi connectivity index (χ2n) is 4.79. The van der Waals surface area contributed by atoms with Crippen molar-refractivity contribution in [1.82, 2.24) is 4.90 Å². The fourth-order valence-corrected chi connectivity index (χ4v) is 2.21. The molecule has 1 aromatic carbocycles. The Bertz CT molecular complexity index is 434. The summed E-state index contributed by atoms with van der Waals surface area (Å²) in [6.07, 6.45) is -0.170. The normalized spacial score (nSPS) is 20.1. The van der Waals surface area contributed by atoms with Gasteiger partial charge in [-0.1, -0.05) is 6.92 Å². The Morgan fingerprint density at radius 3 is 2.70 bits per heavy atom. The highest BCUT2D eigenvalue weighted by atomic mass is 19.1. The number of benzene rings is 1. The van der Waals surface area contributed by atoms with Crippen molar-refractivity contribution in [2.45, 2.75) is 19.6 Å². The Kier molecular flexibility index (Phi) is 5.28. The zero-order chi connectivity index (χ0) is 14.5. The average Bonchev–Trinajstić information content (AvgIpc) is 2.46. The van der Waals surface area contributed by atoms with E-state index in [1.807, 2.05) is 0 Å². The predicted octanol–water partition coefficient (Wildman–Crippen LogP) is 1.52. The summed E-state index contributed by atoms with van der Waals surface area (Å²) in [5, 5.41) is 0. The molecule has 2 rings (SSSR count). The molecule has 0 spiro atoms. The van der Waals surface area contributed by atoms with Crippen molar-refractivity contribution in [2.24, 2.45) is 5.73 Å². The highest BCUT2D eigenvalue weighted by Gasteiger charge is 2.21. The van der Waals surface area contributed by atoms with Gasteiger partial charge in [0.05, 0.1) is 6.61 Å². The molecule has 4 nitrogen and oxygen atoms in total. The Balaban J connectivity index is 1.97. The van der Waals surface area contributed by atoms with E-state index in [-0.39, 0.29) is 25.0 Å². The van der Waals surface area contributed by atoms with Crippen LogP contribution >= 0.6 is 0 Å². The van der Waals surface area contributed by atoms with Crippen LogP contribution in [-0.2, 0) is 11.3 Å². The summed E-state index contributed by atoms with van der Waals surface area (Å²) < 4.78 is 38.2. The minimum Gasteiger partial charge on any atom is -0.485 e. The van der Waals surface area contributed by atoms with E-state index in [2.05, 4.69) is 11.8 Å². The summed E-state index contributed by atoms with van der Waals surface area (Å²) in [6.45, 7) is 5.40. The van der Waals surface area contributed by atoms with Crippen molar-refractivity contribution in [2.75, 3.05) is 32.8 Å². The van der Waals surface area contributed by atoms with E-state index in [1.54, 1.807) is 0 Å². The lowest BCUT2D eigenvalue weighted by molar-refractivity contribution is -0.0473. The number of likely N-dealkylation sites (N-methyl/N-ethyl adjacent to an activating group) is 1. The minimum atomic E-state index is -0.728. The van der Waals surface area contributed by atoms with Crippen molar-refractivity contribution in [3.63, 3.8) is 0 Å². The Hall–Kier alpha value is -1.24. The van der Waals surface area contributed by atoms with E-state index in [1.165, 1.54) is 12.1 Å². The van der Waals surface area contributed by atoms with Gasteiger partial charge in [-0.2, -0.15) is 0 Å². The number of halogens is 2. The third-order valence-electron chi connectivity index (χ3n) is 3.38. The fraction of sp³-hybridized carbons (Fsp3) is 0.571. The van der Waals surface area contributed by atoms with E-state index in [9.17, 15) is 8.78 Å². The first-order valence-electron chi connectivity index (χ1n) is 6.78. The van der Waals surface area contributed by atoms with E-state index < -0.39 is 11.6 Å². The van der Waals surface area contributed by atoms with Gasteiger partial charge in [-0.3, -0.25) is 4.90 Å². The Labute approximate surface area is 117 Å². The third kappa shape index (κ3) is 3.65. The van der Waals surface area contributed by atoms with Crippen LogP contribution in [0.25, 0.3) is 0 Å². The van der Waals surface area contributed by atoms with Crippen LogP contribution in [0.4, 0.5) is 8.78 Å². The fourth-order valence-electron chi connectivity index (χ4n) is 2.21. The molecule has 0 radical (unpaired) electrons. The van der Waals surface area contributed by atoms with Crippen molar-refractivity contribution in [1.29, 1.82) is 0 Å². The lowest BCUT2D eigenvalue weighted by Gasteiger charge is -2.31. The molecule has 1 saturated heterocycles. The topological polar surface area (TPSA) is 47.7 Å². The quantitative estimate of drug-likeness (QED) is 0.891. The third-order valence-corrected chi connectivity index (χ3v) is 3.38. The molecule has 0 bridgehead atoms. The SMILES string of the molecule is CCN1CCOC(COc2c(F)cc(CN)cc2F)C1. The van der Waals surface area contributed by atoms with Gasteiger partial charge >= 0.3 is 0 Å². The first kappa shape index (κ1) is 15.2. The maximum absolute atomic E-state index is 13.7. The van der Waals surface area contributed by atoms with Gasteiger partial charge in [0.15, 0.2) is 17.4 Å². The molecule has 1 aliphatic heterocycles. The molecule has 0 amide bonds. The van der Waals surface area contributed by atoms with Crippen LogP contribution < -0.4 is 10.5 Å². The van der Waals surface area contributed by atoms with Crippen molar-refractivity contribution < 1.29 is 18.3 Å². The van der Waals surface area contributed by atoms with Crippen molar-refractivity contribution in [3.8, 4) is 5.75 Å². The molecule has 1 aliphatic rings. The van der Waals surface area contributed by atoms with Gasteiger partial charge in [0, 0.05) is 19.6 Å². The molecule has 1 unspecified atom stereocenters. The molecule has 1 fully saturated rings. The Morgan fingerprint density at radius 2 is 2.10 bits per heavy atom. The number of rotatable bonds is 5. The average molecular weight is 286 g/mol. The number of hydrogen-bond donors (Lipinski definition) is 1. The van der Waals surface area contributed by atoms with Gasteiger partial charge in [-0.25, -0.2) is 8.78 Å². The van der Waals surface area contributed by atoms with Crippen LogP contribution in [0.1, 0.15) is 12.5 Å². The van der Waals surface area contributed by atoms with Gasteiger partial charge in [-0.15, -0.1) is 0 Å². The van der Waals surface area contributed by atoms with Crippen molar-refractivity contribution >= 4 is 0 Å². The van der Waals surface area contributed by atoms with E-state index in [4.69, 9.17) is 15.2 Å². The van der Waals surface area contributed by atoms with E-state index in [0.29, 0.717) is 18.7 Å². The lowest BCUT2D eigenvalue weighted by atomic mass is 10.2. The highest BCUT2D eigenvalue weighted by molar-refractivity contribution is 5.31. The molecule has 6 heteroatoms. The largest absolute Gasteiger partial charge is 0.485 e. The second kappa shape index (κ2) is 6.97. The molecular formula is C14H20F2N2O2. The maximum Gasteiger partial charge on any atom is 0.190 e.